The first kappa shape index (κ1) is 21.5. The standard InChI is InChI=1S/C26H23N5O3S/c1-15-8-4-6-10-18(15)28-23(32)21-22-17-9-5-7-11-19(17)34-26(21,2)29-25-31(22)24(33)20(35-25)12-16-13-27-30(3)14-16/h4-14,21-22H,1-3H3,(H,28,32)/b20-12+/t21-,22-,26-/m0/s1. The van der Waals surface area contributed by atoms with Gasteiger partial charge in [-0.1, -0.05) is 47.7 Å². The predicted octanol–water partition coefficient (Wildman–Crippen LogP) is 2.37. The zero-order chi connectivity index (χ0) is 24.3. The average molecular weight is 486 g/mol. The minimum Gasteiger partial charge on any atom is -0.465 e. The van der Waals surface area contributed by atoms with Crippen LogP contribution in [0.4, 0.5) is 5.69 Å². The summed E-state index contributed by atoms with van der Waals surface area (Å²) in [6, 6.07) is 14.6. The first-order valence-electron chi connectivity index (χ1n) is 11.3. The molecule has 4 aromatic rings. The van der Waals surface area contributed by atoms with Gasteiger partial charge in [-0.05, 0) is 37.6 Å². The van der Waals surface area contributed by atoms with Crippen molar-refractivity contribution < 1.29 is 9.53 Å². The highest BCUT2D eigenvalue weighted by Gasteiger charge is 2.55. The molecule has 2 aromatic carbocycles. The Bertz CT molecular complexity index is 1670. The minimum atomic E-state index is -1.17. The summed E-state index contributed by atoms with van der Waals surface area (Å²) in [4.78, 5) is 32.9. The number of hydrogen-bond donors (Lipinski definition) is 1. The Balaban J connectivity index is 1.54. The van der Waals surface area contributed by atoms with Crippen LogP contribution in [0.15, 0.2) is 70.7 Å². The number of amides is 1. The SMILES string of the molecule is Cc1ccccc1NC(=O)[C@@H]1[C@@H]2c3ccccc3O[C@]1(C)N=c1s/c(=C/c3cnn(C)c3)c(=O)n12. The minimum absolute atomic E-state index is 0.185. The van der Waals surface area contributed by atoms with Crippen molar-refractivity contribution in [3.8, 4) is 5.75 Å². The van der Waals surface area contributed by atoms with Gasteiger partial charge in [0.05, 0.1) is 16.8 Å². The molecule has 2 bridgehead atoms. The van der Waals surface area contributed by atoms with E-state index < -0.39 is 17.7 Å². The molecule has 0 spiro atoms. The van der Waals surface area contributed by atoms with Gasteiger partial charge in [0.15, 0.2) is 4.80 Å². The van der Waals surface area contributed by atoms with E-state index >= 15 is 0 Å². The molecular weight excluding hydrogens is 462 g/mol. The molecule has 8 nitrogen and oxygen atoms in total. The van der Waals surface area contributed by atoms with Gasteiger partial charge in [-0.2, -0.15) is 5.10 Å². The van der Waals surface area contributed by atoms with E-state index in [1.807, 2.05) is 81.7 Å². The van der Waals surface area contributed by atoms with Crippen molar-refractivity contribution in [2.24, 2.45) is 18.0 Å². The van der Waals surface area contributed by atoms with E-state index in [2.05, 4.69) is 10.4 Å². The predicted molar refractivity (Wildman–Crippen MR) is 133 cm³/mol. The van der Waals surface area contributed by atoms with Crippen molar-refractivity contribution in [3.63, 3.8) is 0 Å². The Morgan fingerprint density at radius 3 is 2.74 bits per heavy atom. The number of ether oxygens (including phenoxy) is 1. The number of nitrogens with one attached hydrogen (secondary N) is 1. The molecule has 0 radical (unpaired) electrons. The highest BCUT2D eigenvalue weighted by Crippen LogP contribution is 2.47. The second-order valence-electron chi connectivity index (χ2n) is 9.05. The Kier molecular flexibility index (Phi) is 4.79. The van der Waals surface area contributed by atoms with Crippen LogP contribution in [0.2, 0.25) is 0 Å². The largest absolute Gasteiger partial charge is 0.465 e. The summed E-state index contributed by atoms with van der Waals surface area (Å²) >= 11 is 1.30. The fourth-order valence-electron chi connectivity index (χ4n) is 4.93. The van der Waals surface area contributed by atoms with Gasteiger partial charge < -0.3 is 10.1 Å². The van der Waals surface area contributed by atoms with Crippen LogP contribution in [-0.2, 0) is 11.8 Å². The number of fused-ring (bicyclic) bond motifs is 6. The number of rotatable bonds is 3. The lowest BCUT2D eigenvalue weighted by molar-refractivity contribution is -0.131. The lowest BCUT2D eigenvalue weighted by Crippen LogP contribution is -2.59. The summed E-state index contributed by atoms with van der Waals surface area (Å²) in [7, 11) is 1.83. The Morgan fingerprint density at radius 2 is 1.97 bits per heavy atom. The van der Waals surface area contributed by atoms with Gasteiger partial charge in [0.2, 0.25) is 11.6 Å². The molecule has 0 fully saturated rings. The van der Waals surface area contributed by atoms with Crippen LogP contribution in [0.3, 0.4) is 0 Å². The highest BCUT2D eigenvalue weighted by atomic mass is 32.1. The molecule has 176 valence electrons. The lowest BCUT2D eigenvalue weighted by atomic mass is 9.80. The number of hydrogen-bond acceptors (Lipinski definition) is 6. The monoisotopic (exact) mass is 485 g/mol. The maximum Gasteiger partial charge on any atom is 0.270 e. The molecular formula is C26H23N5O3S. The summed E-state index contributed by atoms with van der Waals surface area (Å²) in [5.41, 5.74) is 1.93. The maximum atomic E-state index is 13.8. The van der Waals surface area contributed by atoms with Crippen LogP contribution in [0.25, 0.3) is 6.08 Å². The Hall–Kier alpha value is -3.98. The molecule has 2 aromatic heterocycles. The number of para-hydroxylation sites is 2. The molecule has 0 saturated carbocycles. The van der Waals surface area contributed by atoms with Crippen molar-refractivity contribution in [1.29, 1.82) is 0 Å². The summed E-state index contributed by atoms with van der Waals surface area (Å²) in [5.74, 6) is -0.361. The van der Waals surface area contributed by atoms with E-state index in [0.717, 1.165) is 22.4 Å². The number of aryl methyl sites for hydroxylation is 2. The molecule has 0 aliphatic carbocycles. The Labute approximate surface area is 204 Å². The number of aromatic nitrogens is 3. The molecule has 2 aliphatic rings. The molecule has 35 heavy (non-hydrogen) atoms. The summed E-state index contributed by atoms with van der Waals surface area (Å²) in [6.45, 7) is 3.76. The van der Waals surface area contributed by atoms with Gasteiger partial charge in [-0.25, -0.2) is 4.99 Å². The van der Waals surface area contributed by atoms with E-state index in [9.17, 15) is 9.59 Å². The summed E-state index contributed by atoms with van der Waals surface area (Å²) in [6.07, 6.45) is 5.36. The Morgan fingerprint density at radius 1 is 1.20 bits per heavy atom. The van der Waals surface area contributed by atoms with Gasteiger partial charge in [-0.15, -0.1) is 0 Å². The molecule has 1 amide bonds. The third kappa shape index (κ3) is 3.42. The third-order valence-corrected chi connectivity index (χ3v) is 7.57. The van der Waals surface area contributed by atoms with Crippen LogP contribution in [0.5, 0.6) is 5.75 Å². The molecule has 0 unspecified atom stereocenters. The number of nitrogens with zero attached hydrogens (tertiary/aromatic N) is 4. The average Bonchev–Trinajstić information content (AvgIpc) is 3.36. The van der Waals surface area contributed by atoms with E-state index in [0.29, 0.717) is 15.1 Å². The molecule has 0 saturated heterocycles. The second-order valence-corrected chi connectivity index (χ2v) is 10.1. The van der Waals surface area contributed by atoms with Crippen LogP contribution in [-0.4, -0.2) is 26.0 Å². The molecule has 9 heteroatoms. The van der Waals surface area contributed by atoms with E-state index in [1.165, 1.54) is 11.3 Å². The van der Waals surface area contributed by atoms with Crippen LogP contribution >= 0.6 is 11.3 Å². The summed E-state index contributed by atoms with van der Waals surface area (Å²) < 4.78 is 10.2. The van der Waals surface area contributed by atoms with Gasteiger partial charge in [0.1, 0.15) is 11.7 Å². The fraction of sp³-hybridized carbons (Fsp3) is 0.231. The molecule has 3 atom stereocenters. The van der Waals surface area contributed by atoms with Crippen molar-refractivity contribution >= 4 is 29.0 Å². The van der Waals surface area contributed by atoms with Crippen molar-refractivity contribution in [1.82, 2.24) is 14.3 Å². The lowest BCUT2D eigenvalue weighted by Gasteiger charge is -2.45. The third-order valence-electron chi connectivity index (χ3n) is 6.59. The molecule has 6 rings (SSSR count). The molecule has 2 aliphatic heterocycles. The van der Waals surface area contributed by atoms with Crippen LogP contribution in [0.1, 0.15) is 29.7 Å². The molecule has 1 N–H and O–H groups in total. The zero-order valence-electron chi connectivity index (χ0n) is 19.4. The highest BCUT2D eigenvalue weighted by molar-refractivity contribution is 7.07. The molecule has 4 heterocycles. The van der Waals surface area contributed by atoms with E-state index in [-0.39, 0.29) is 11.5 Å². The van der Waals surface area contributed by atoms with Gasteiger partial charge in [0.25, 0.3) is 5.56 Å². The van der Waals surface area contributed by atoms with Crippen molar-refractivity contribution in [3.05, 3.63) is 97.3 Å². The first-order valence-corrected chi connectivity index (χ1v) is 12.1. The van der Waals surface area contributed by atoms with E-state index in [1.54, 1.807) is 15.4 Å². The number of anilines is 1. The van der Waals surface area contributed by atoms with Crippen molar-refractivity contribution in [2.75, 3.05) is 5.32 Å². The normalized spacial score (nSPS) is 22.5. The van der Waals surface area contributed by atoms with Crippen LogP contribution < -0.4 is 24.9 Å². The van der Waals surface area contributed by atoms with Gasteiger partial charge >= 0.3 is 0 Å². The maximum absolute atomic E-state index is 13.8. The number of benzene rings is 2. The smallest absolute Gasteiger partial charge is 0.270 e. The van der Waals surface area contributed by atoms with Crippen molar-refractivity contribution in [2.45, 2.75) is 25.6 Å². The zero-order valence-corrected chi connectivity index (χ0v) is 20.2. The van der Waals surface area contributed by atoms with Crippen LogP contribution in [0, 0.1) is 12.8 Å². The second kappa shape index (κ2) is 7.78. The number of carbonyl (C=O) groups is 1. The van der Waals surface area contributed by atoms with Gasteiger partial charge in [-0.3, -0.25) is 18.8 Å². The topological polar surface area (TPSA) is 90.5 Å². The quantitative estimate of drug-likeness (QED) is 0.482. The fourth-order valence-corrected chi connectivity index (χ4v) is 6.03. The van der Waals surface area contributed by atoms with E-state index in [4.69, 9.17) is 9.73 Å². The number of thiazole rings is 1. The first-order chi connectivity index (χ1) is 16.8. The number of carbonyl (C=O) groups excluding carboxylic acids is 1. The summed E-state index contributed by atoms with van der Waals surface area (Å²) in [5, 5.41) is 7.24. The van der Waals surface area contributed by atoms with Gasteiger partial charge in [0, 0.05) is 30.1 Å².